The van der Waals surface area contributed by atoms with Gasteiger partial charge in [-0.25, -0.2) is 9.18 Å². The molecule has 0 aliphatic carbocycles. The van der Waals surface area contributed by atoms with Crippen molar-refractivity contribution in [1.82, 2.24) is 0 Å². The van der Waals surface area contributed by atoms with Gasteiger partial charge >= 0.3 is 5.97 Å². The van der Waals surface area contributed by atoms with Crippen LogP contribution in [0.15, 0.2) is 12.1 Å². The second-order valence-corrected chi connectivity index (χ2v) is 3.78. The summed E-state index contributed by atoms with van der Waals surface area (Å²) >= 11 is 1.83. The summed E-state index contributed by atoms with van der Waals surface area (Å²) in [5.74, 6) is -1.56. The highest BCUT2D eigenvalue weighted by atomic mass is 127. The first-order valence-electron chi connectivity index (χ1n) is 4.17. The van der Waals surface area contributed by atoms with E-state index < -0.39 is 11.8 Å². The highest BCUT2D eigenvalue weighted by Crippen LogP contribution is 2.19. The van der Waals surface area contributed by atoms with Crippen molar-refractivity contribution in [2.75, 3.05) is 6.61 Å². The van der Waals surface area contributed by atoms with Crippen LogP contribution in [0, 0.1) is 20.7 Å². The Bertz CT molecular complexity index is 440. The largest absolute Gasteiger partial charge is 0.462 e. The molecule has 0 fully saturated rings. The number of ether oxygens (including phenoxy) is 1. The molecule has 0 amide bonds. The van der Waals surface area contributed by atoms with Crippen LogP contribution in [0.1, 0.15) is 22.8 Å². The maximum Gasteiger partial charge on any atom is 0.341 e. The molecule has 0 aliphatic heterocycles. The van der Waals surface area contributed by atoms with Crippen molar-refractivity contribution in [1.29, 1.82) is 5.26 Å². The van der Waals surface area contributed by atoms with E-state index >= 15 is 0 Å². The van der Waals surface area contributed by atoms with Gasteiger partial charge in [-0.2, -0.15) is 5.26 Å². The van der Waals surface area contributed by atoms with Gasteiger partial charge in [0.1, 0.15) is 11.6 Å². The van der Waals surface area contributed by atoms with E-state index in [0.717, 1.165) is 0 Å². The zero-order valence-electron chi connectivity index (χ0n) is 7.88. The Morgan fingerprint density at radius 2 is 2.33 bits per heavy atom. The number of hydrogen-bond acceptors (Lipinski definition) is 3. The van der Waals surface area contributed by atoms with E-state index in [4.69, 9.17) is 5.26 Å². The van der Waals surface area contributed by atoms with Crippen LogP contribution < -0.4 is 0 Å². The molecule has 78 valence electrons. The summed E-state index contributed by atoms with van der Waals surface area (Å²) in [7, 11) is 0. The summed E-state index contributed by atoms with van der Waals surface area (Å²) in [5, 5.41) is 8.69. The number of esters is 1. The fourth-order valence-corrected chi connectivity index (χ4v) is 1.56. The Labute approximate surface area is 100.0 Å². The van der Waals surface area contributed by atoms with E-state index in [9.17, 15) is 9.18 Å². The summed E-state index contributed by atoms with van der Waals surface area (Å²) < 4.78 is 18.7. The smallest absolute Gasteiger partial charge is 0.341 e. The van der Waals surface area contributed by atoms with Gasteiger partial charge in [0.05, 0.1) is 12.2 Å². The Kier molecular flexibility index (Phi) is 4.03. The van der Waals surface area contributed by atoms with Crippen molar-refractivity contribution in [2.24, 2.45) is 0 Å². The second kappa shape index (κ2) is 5.07. The Morgan fingerprint density at radius 1 is 1.67 bits per heavy atom. The van der Waals surface area contributed by atoms with E-state index in [1.165, 1.54) is 12.1 Å². The molecule has 1 aromatic carbocycles. The Balaban J connectivity index is 3.23. The van der Waals surface area contributed by atoms with Crippen molar-refractivity contribution in [3.8, 4) is 6.07 Å². The number of rotatable bonds is 2. The molecule has 0 saturated carbocycles. The molecule has 0 spiro atoms. The molecular formula is C10H7FINO2. The van der Waals surface area contributed by atoms with E-state index in [1.54, 1.807) is 13.0 Å². The minimum Gasteiger partial charge on any atom is -0.462 e. The first-order chi connectivity index (χ1) is 7.11. The average Bonchev–Trinajstić information content (AvgIpc) is 2.18. The fraction of sp³-hybridized carbons (Fsp3) is 0.200. The zero-order chi connectivity index (χ0) is 11.4. The Hall–Kier alpha value is -1.16. The van der Waals surface area contributed by atoms with Crippen molar-refractivity contribution in [2.45, 2.75) is 6.92 Å². The lowest BCUT2D eigenvalue weighted by Crippen LogP contribution is -2.09. The summed E-state index contributed by atoms with van der Waals surface area (Å²) in [5.41, 5.74) is -0.324. The normalized spacial score (nSPS) is 9.47. The first kappa shape index (κ1) is 11.9. The number of carbonyl (C=O) groups excluding carboxylic acids is 1. The molecule has 1 rings (SSSR count). The molecule has 0 aliphatic rings. The predicted molar refractivity (Wildman–Crippen MR) is 59.8 cm³/mol. The van der Waals surface area contributed by atoms with Crippen LogP contribution in [0.4, 0.5) is 4.39 Å². The van der Waals surface area contributed by atoms with Gasteiger partial charge in [-0.15, -0.1) is 0 Å². The minimum absolute atomic E-state index is 0.124. The van der Waals surface area contributed by atoms with Crippen LogP contribution in [0.2, 0.25) is 0 Å². The molecule has 15 heavy (non-hydrogen) atoms. The Morgan fingerprint density at radius 3 is 2.87 bits per heavy atom. The van der Waals surface area contributed by atoms with Gasteiger partial charge in [0, 0.05) is 3.57 Å². The SMILES string of the molecule is CCOC(=O)c1ccc(I)c(C#N)c1F. The third-order valence-electron chi connectivity index (χ3n) is 1.70. The predicted octanol–water partition coefficient (Wildman–Crippen LogP) is 2.48. The molecule has 0 bridgehead atoms. The molecule has 0 heterocycles. The van der Waals surface area contributed by atoms with Crippen molar-refractivity contribution >= 4 is 28.6 Å². The highest BCUT2D eigenvalue weighted by Gasteiger charge is 2.17. The number of hydrogen-bond donors (Lipinski definition) is 0. The van der Waals surface area contributed by atoms with Gasteiger partial charge in [-0.3, -0.25) is 0 Å². The third-order valence-corrected chi connectivity index (χ3v) is 2.60. The van der Waals surface area contributed by atoms with Crippen LogP contribution in [-0.2, 0) is 4.74 Å². The molecule has 1 aromatic rings. The van der Waals surface area contributed by atoms with Gasteiger partial charge < -0.3 is 4.74 Å². The van der Waals surface area contributed by atoms with Crippen molar-refractivity contribution in [3.63, 3.8) is 0 Å². The highest BCUT2D eigenvalue weighted by molar-refractivity contribution is 14.1. The monoisotopic (exact) mass is 319 g/mol. The van der Waals surface area contributed by atoms with E-state index in [-0.39, 0.29) is 17.7 Å². The maximum atomic E-state index is 13.6. The van der Waals surface area contributed by atoms with Crippen molar-refractivity contribution < 1.29 is 13.9 Å². The van der Waals surface area contributed by atoms with Gasteiger partial charge in [0.15, 0.2) is 5.82 Å². The fourth-order valence-electron chi connectivity index (χ4n) is 1.02. The summed E-state index contributed by atoms with van der Waals surface area (Å²) in [6.07, 6.45) is 0. The van der Waals surface area contributed by atoms with Crippen LogP contribution >= 0.6 is 22.6 Å². The molecule has 0 radical (unpaired) electrons. The molecule has 0 N–H and O–H groups in total. The van der Waals surface area contributed by atoms with E-state index in [2.05, 4.69) is 4.74 Å². The summed E-state index contributed by atoms with van der Waals surface area (Å²) in [6, 6.07) is 4.53. The number of halogens is 2. The lowest BCUT2D eigenvalue weighted by atomic mass is 10.1. The third kappa shape index (κ3) is 2.45. The minimum atomic E-state index is -0.817. The standard InChI is InChI=1S/C10H7FINO2/c1-2-15-10(14)6-3-4-8(12)7(5-13)9(6)11/h3-4H,2H2,1H3. The molecular weight excluding hydrogens is 312 g/mol. The van der Waals surface area contributed by atoms with E-state index in [0.29, 0.717) is 3.57 Å². The second-order valence-electron chi connectivity index (χ2n) is 2.62. The summed E-state index contributed by atoms with van der Waals surface area (Å²) in [6.45, 7) is 1.81. The topological polar surface area (TPSA) is 50.1 Å². The molecule has 0 unspecified atom stereocenters. The quantitative estimate of drug-likeness (QED) is 0.622. The van der Waals surface area contributed by atoms with Crippen molar-refractivity contribution in [3.05, 3.63) is 32.6 Å². The lowest BCUT2D eigenvalue weighted by Gasteiger charge is -2.04. The lowest BCUT2D eigenvalue weighted by molar-refractivity contribution is 0.0521. The van der Waals surface area contributed by atoms with Crippen LogP contribution in [0.3, 0.4) is 0 Å². The van der Waals surface area contributed by atoms with Gasteiger partial charge in [0.2, 0.25) is 0 Å². The van der Waals surface area contributed by atoms with Crippen LogP contribution in [0.25, 0.3) is 0 Å². The summed E-state index contributed by atoms with van der Waals surface area (Å²) in [4.78, 5) is 11.3. The van der Waals surface area contributed by atoms with Gasteiger partial charge in [0.25, 0.3) is 0 Å². The van der Waals surface area contributed by atoms with Crippen LogP contribution in [-0.4, -0.2) is 12.6 Å². The number of nitrogens with zero attached hydrogens (tertiary/aromatic N) is 1. The average molecular weight is 319 g/mol. The molecule has 0 saturated heterocycles. The van der Waals surface area contributed by atoms with Crippen LogP contribution in [0.5, 0.6) is 0 Å². The van der Waals surface area contributed by atoms with Gasteiger partial charge in [-0.05, 0) is 41.6 Å². The molecule has 3 nitrogen and oxygen atoms in total. The van der Waals surface area contributed by atoms with E-state index in [1.807, 2.05) is 22.6 Å². The first-order valence-corrected chi connectivity index (χ1v) is 5.25. The maximum absolute atomic E-state index is 13.6. The number of benzene rings is 1. The zero-order valence-corrected chi connectivity index (χ0v) is 10.0. The van der Waals surface area contributed by atoms with Gasteiger partial charge in [-0.1, -0.05) is 0 Å². The molecule has 5 heteroatoms. The number of nitriles is 1. The molecule has 0 aromatic heterocycles. The number of carbonyl (C=O) groups is 1. The molecule has 0 atom stereocenters.